The molecule has 160 valence electrons. The van der Waals surface area contributed by atoms with Crippen LogP contribution in [0.5, 0.6) is 5.75 Å². The number of piperazine rings is 1. The van der Waals surface area contributed by atoms with Gasteiger partial charge in [-0.05, 0) is 55.2 Å². The number of sulfone groups is 1. The molecule has 0 saturated carbocycles. The highest BCUT2D eigenvalue weighted by atomic mass is 32.2. The molecule has 30 heavy (non-hydrogen) atoms. The zero-order chi connectivity index (χ0) is 21.5. The van der Waals surface area contributed by atoms with Gasteiger partial charge >= 0.3 is 0 Å². The molecule has 0 unspecified atom stereocenters. The average molecular weight is 429 g/mol. The molecular weight excluding hydrogens is 400 g/mol. The molecule has 0 radical (unpaired) electrons. The Bertz CT molecular complexity index is 1050. The highest BCUT2D eigenvalue weighted by molar-refractivity contribution is 7.91. The van der Waals surface area contributed by atoms with E-state index in [1.54, 1.807) is 12.0 Å². The van der Waals surface area contributed by atoms with Gasteiger partial charge in [0.1, 0.15) is 5.75 Å². The molecule has 2 saturated heterocycles. The summed E-state index contributed by atoms with van der Waals surface area (Å²) in [5, 5.41) is 0. The highest BCUT2D eigenvalue weighted by Crippen LogP contribution is 2.33. The van der Waals surface area contributed by atoms with Gasteiger partial charge in [-0.15, -0.1) is 0 Å². The van der Waals surface area contributed by atoms with Crippen LogP contribution in [0.25, 0.3) is 0 Å². The van der Waals surface area contributed by atoms with Crippen LogP contribution >= 0.6 is 0 Å². The largest absolute Gasteiger partial charge is 0.496 e. The first-order chi connectivity index (χ1) is 14.3. The molecule has 6 nitrogen and oxygen atoms in total. The molecule has 0 N–H and O–H groups in total. The van der Waals surface area contributed by atoms with Crippen molar-refractivity contribution in [3.8, 4) is 5.75 Å². The zero-order valence-electron chi connectivity index (χ0n) is 17.7. The van der Waals surface area contributed by atoms with E-state index in [0.29, 0.717) is 13.0 Å². The number of aryl methyl sites for hydroxylation is 2. The Labute approximate surface area is 178 Å². The molecule has 0 spiro atoms. The van der Waals surface area contributed by atoms with Gasteiger partial charge in [0, 0.05) is 18.3 Å². The summed E-state index contributed by atoms with van der Waals surface area (Å²) in [7, 11) is -1.56. The molecule has 2 aromatic rings. The van der Waals surface area contributed by atoms with Crippen LogP contribution in [0.15, 0.2) is 42.5 Å². The smallest absolute Gasteiger partial charge is 0.241 e. The minimum Gasteiger partial charge on any atom is -0.496 e. The summed E-state index contributed by atoms with van der Waals surface area (Å²) in [4.78, 5) is 17.0. The number of anilines is 1. The Kier molecular flexibility index (Phi) is 5.59. The van der Waals surface area contributed by atoms with Gasteiger partial charge in [-0.2, -0.15) is 0 Å². The first-order valence-electron chi connectivity index (χ1n) is 10.2. The summed E-state index contributed by atoms with van der Waals surface area (Å²) in [6.45, 7) is 4.82. The Balaban J connectivity index is 1.61. The number of nitrogens with zero attached hydrogens (tertiary/aromatic N) is 2. The van der Waals surface area contributed by atoms with Gasteiger partial charge in [-0.1, -0.05) is 24.3 Å². The van der Waals surface area contributed by atoms with Crippen molar-refractivity contribution in [3.63, 3.8) is 0 Å². The van der Waals surface area contributed by atoms with Crippen LogP contribution in [-0.4, -0.2) is 63.0 Å². The maximum Gasteiger partial charge on any atom is 0.241 e. The van der Waals surface area contributed by atoms with Gasteiger partial charge in [0.2, 0.25) is 5.91 Å². The van der Waals surface area contributed by atoms with Crippen LogP contribution in [0, 0.1) is 13.8 Å². The van der Waals surface area contributed by atoms with Gasteiger partial charge in [0.25, 0.3) is 0 Å². The van der Waals surface area contributed by atoms with Gasteiger partial charge in [0.05, 0.1) is 31.2 Å². The van der Waals surface area contributed by atoms with E-state index in [0.717, 1.165) is 28.1 Å². The van der Waals surface area contributed by atoms with Gasteiger partial charge < -0.3 is 9.64 Å². The maximum absolute atomic E-state index is 13.2. The number of hydrogen-bond donors (Lipinski definition) is 0. The van der Waals surface area contributed by atoms with E-state index in [1.807, 2.05) is 55.1 Å². The van der Waals surface area contributed by atoms with E-state index in [4.69, 9.17) is 4.74 Å². The standard InChI is InChI=1S/C23H28N2O4S/c1-16-10-17(2)12-19(11-16)25-21-15-30(27,28)14-20(21)24(13-23(25)26)9-8-18-6-4-5-7-22(18)29-3/h4-7,10-12,20-21H,8-9,13-15H2,1-3H3/t20-,21+/m0/s1. The predicted octanol–water partition coefficient (Wildman–Crippen LogP) is 2.37. The third kappa shape index (κ3) is 4.09. The molecule has 0 aliphatic carbocycles. The Morgan fingerprint density at radius 2 is 1.70 bits per heavy atom. The van der Waals surface area contributed by atoms with Crippen LogP contribution in [0.1, 0.15) is 16.7 Å². The fraction of sp³-hybridized carbons (Fsp3) is 0.435. The third-order valence-electron chi connectivity index (χ3n) is 6.05. The van der Waals surface area contributed by atoms with Crippen molar-refractivity contribution in [2.24, 2.45) is 0 Å². The number of amides is 1. The maximum atomic E-state index is 13.2. The van der Waals surface area contributed by atoms with Crippen molar-refractivity contribution < 1.29 is 17.9 Å². The topological polar surface area (TPSA) is 66.9 Å². The van der Waals surface area contributed by atoms with Crippen molar-refractivity contribution in [1.29, 1.82) is 0 Å². The number of fused-ring (bicyclic) bond motifs is 1. The van der Waals surface area contributed by atoms with E-state index in [-0.39, 0.29) is 36.0 Å². The second-order valence-corrected chi connectivity index (χ2v) is 10.5. The van der Waals surface area contributed by atoms with E-state index >= 15 is 0 Å². The fourth-order valence-corrected chi connectivity index (χ4v) is 6.78. The van der Waals surface area contributed by atoms with Crippen molar-refractivity contribution in [1.82, 2.24) is 4.90 Å². The lowest BCUT2D eigenvalue weighted by atomic mass is 10.0. The molecule has 2 aliphatic rings. The van der Waals surface area contributed by atoms with Gasteiger partial charge in [-0.25, -0.2) is 8.42 Å². The molecule has 2 fully saturated rings. The average Bonchev–Trinajstić information content (AvgIpc) is 3.00. The molecule has 7 heteroatoms. The van der Waals surface area contributed by atoms with Crippen LogP contribution in [0.2, 0.25) is 0 Å². The van der Waals surface area contributed by atoms with Crippen LogP contribution in [0.3, 0.4) is 0 Å². The molecule has 0 bridgehead atoms. The van der Waals surface area contributed by atoms with E-state index in [2.05, 4.69) is 6.07 Å². The molecule has 4 rings (SSSR count). The normalized spacial score (nSPS) is 23.4. The van der Waals surface area contributed by atoms with Crippen molar-refractivity contribution in [2.45, 2.75) is 32.4 Å². The van der Waals surface area contributed by atoms with Crippen molar-refractivity contribution in [2.75, 3.05) is 36.6 Å². The first-order valence-corrected chi connectivity index (χ1v) is 12.1. The fourth-order valence-electron chi connectivity index (χ4n) is 4.80. The lowest BCUT2D eigenvalue weighted by Crippen LogP contribution is -2.62. The van der Waals surface area contributed by atoms with Crippen LogP contribution in [-0.2, 0) is 21.1 Å². The summed E-state index contributed by atoms with van der Waals surface area (Å²) in [6.07, 6.45) is 0.699. The lowest BCUT2D eigenvalue weighted by molar-refractivity contribution is -0.123. The zero-order valence-corrected chi connectivity index (χ0v) is 18.5. The molecule has 0 aromatic heterocycles. The minimum atomic E-state index is -3.20. The number of carbonyl (C=O) groups excluding carboxylic acids is 1. The minimum absolute atomic E-state index is 0.0154. The Morgan fingerprint density at radius 1 is 1.03 bits per heavy atom. The molecule has 2 aromatic carbocycles. The quantitative estimate of drug-likeness (QED) is 0.732. The Morgan fingerprint density at radius 3 is 2.40 bits per heavy atom. The predicted molar refractivity (Wildman–Crippen MR) is 118 cm³/mol. The number of para-hydroxylation sites is 1. The molecule has 2 aliphatic heterocycles. The molecular formula is C23H28N2O4S. The van der Waals surface area contributed by atoms with Gasteiger partial charge in [0.15, 0.2) is 9.84 Å². The van der Waals surface area contributed by atoms with E-state index in [1.165, 1.54) is 0 Å². The first kappa shape index (κ1) is 20.9. The second kappa shape index (κ2) is 8.04. The number of carbonyl (C=O) groups is 1. The number of rotatable bonds is 5. The number of hydrogen-bond acceptors (Lipinski definition) is 5. The summed E-state index contributed by atoms with van der Waals surface area (Å²) in [6, 6.07) is 13.3. The van der Waals surface area contributed by atoms with Crippen molar-refractivity contribution >= 4 is 21.4 Å². The number of ether oxygens (including phenoxy) is 1. The number of benzene rings is 2. The van der Waals surface area contributed by atoms with Gasteiger partial charge in [-0.3, -0.25) is 9.69 Å². The monoisotopic (exact) mass is 428 g/mol. The summed E-state index contributed by atoms with van der Waals surface area (Å²) in [5.74, 6) is 0.881. The van der Waals surface area contributed by atoms with Crippen molar-refractivity contribution in [3.05, 3.63) is 59.2 Å². The molecule has 2 atom stereocenters. The number of methoxy groups -OCH3 is 1. The summed E-state index contributed by atoms with van der Waals surface area (Å²) >= 11 is 0. The summed E-state index contributed by atoms with van der Waals surface area (Å²) in [5.41, 5.74) is 3.98. The Hall–Kier alpha value is -2.38. The van der Waals surface area contributed by atoms with E-state index in [9.17, 15) is 13.2 Å². The third-order valence-corrected chi connectivity index (χ3v) is 7.75. The molecule has 1 amide bonds. The van der Waals surface area contributed by atoms with Crippen LogP contribution < -0.4 is 9.64 Å². The van der Waals surface area contributed by atoms with E-state index < -0.39 is 9.84 Å². The lowest BCUT2D eigenvalue weighted by Gasteiger charge is -2.43. The second-order valence-electron chi connectivity index (χ2n) is 8.35. The summed E-state index contributed by atoms with van der Waals surface area (Å²) < 4.78 is 30.5. The SMILES string of the molecule is COc1ccccc1CCN1CC(=O)N(c2cc(C)cc(C)c2)[C@@H]2CS(=O)(=O)C[C@@H]21. The highest BCUT2D eigenvalue weighted by Gasteiger charge is 2.49. The molecule has 2 heterocycles. The van der Waals surface area contributed by atoms with Crippen LogP contribution in [0.4, 0.5) is 5.69 Å².